The third-order valence-corrected chi connectivity index (χ3v) is 11.1. The van der Waals surface area contributed by atoms with Gasteiger partial charge in [-0.2, -0.15) is 0 Å². The van der Waals surface area contributed by atoms with Crippen molar-refractivity contribution < 1.29 is 28.6 Å². The maximum Gasteiger partial charge on any atom is 0.306 e. The van der Waals surface area contributed by atoms with Crippen LogP contribution in [0.3, 0.4) is 0 Å². The lowest BCUT2D eigenvalue weighted by molar-refractivity contribution is -0.167. The smallest absolute Gasteiger partial charge is 0.306 e. The van der Waals surface area contributed by atoms with E-state index in [0.29, 0.717) is 19.3 Å². The van der Waals surface area contributed by atoms with E-state index < -0.39 is 6.10 Å². The summed E-state index contributed by atoms with van der Waals surface area (Å²) in [6.45, 7) is 6.52. The maximum atomic E-state index is 12.8. The number of ether oxygens (including phenoxy) is 3. The van der Waals surface area contributed by atoms with Crippen molar-refractivity contribution in [3.8, 4) is 0 Å². The van der Waals surface area contributed by atoms with E-state index in [1.165, 1.54) is 96.3 Å². The third kappa shape index (κ3) is 49.6. The number of hydrogen-bond acceptors (Lipinski definition) is 6. The summed E-state index contributed by atoms with van der Waals surface area (Å²) in [6.07, 6.45) is 67.1. The summed E-state index contributed by atoms with van der Waals surface area (Å²) in [7, 11) is 0. The van der Waals surface area contributed by atoms with Crippen LogP contribution in [0.1, 0.15) is 245 Å². The van der Waals surface area contributed by atoms with E-state index >= 15 is 0 Å². The van der Waals surface area contributed by atoms with Crippen molar-refractivity contribution in [1.29, 1.82) is 0 Å². The zero-order chi connectivity index (χ0) is 46.5. The molecule has 6 heteroatoms. The molecule has 0 aromatic rings. The Morgan fingerprint density at radius 2 is 0.562 bits per heavy atom. The molecule has 0 radical (unpaired) electrons. The van der Waals surface area contributed by atoms with Crippen LogP contribution in [-0.4, -0.2) is 37.2 Å². The summed E-state index contributed by atoms with van der Waals surface area (Å²) in [6, 6.07) is 0. The van der Waals surface area contributed by atoms with Crippen LogP contribution in [0, 0.1) is 0 Å². The molecule has 366 valence electrons. The Kier molecular flexibility index (Phi) is 49.4. The van der Waals surface area contributed by atoms with Gasteiger partial charge in [-0.05, 0) is 103 Å². The Morgan fingerprint density at radius 3 is 0.922 bits per heavy atom. The topological polar surface area (TPSA) is 78.9 Å². The summed E-state index contributed by atoms with van der Waals surface area (Å²) < 4.78 is 16.8. The van der Waals surface area contributed by atoms with E-state index in [9.17, 15) is 14.4 Å². The monoisotopic (exact) mass is 891 g/mol. The Bertz CT molecular complexity index is 1250. The van der Waals surface area contributed by atoms with Crippen molar-refractivity contribution in [2.45, 2.75) is 252 Å². The minimum absolute atomic E-state index is 0.0953. The van der Waals surface area contributed by atoms with Gasteiger partial charge in [0.05, 0.1) is 0 Å². The number of hydrogen-bond donors (Lipinski definition) is 0. The molecule has 0 unspecified atom stereocenters. The second-order valence-corrected chi connectivity index (χ2v) is 17.4. The second-order valence-electron chi connectivity index (χ2n) is 17.4. The average Bonchev–Trinajstić information content (AvgIpc) is 3.29. The molecule has 0 heterocycles. The van der Waals surface area contributed by atoms with Crippen LogP contribution < -0.4 is 0 Å². The van der Waals surface area contributed by atoms with E-state index in [1.54, 1.807) is 0 Å². The summed E-state index contributed by atoms with van der Waals surface area (Å²) in [5.74, 6) is -0.950. The van der Waals surface area contributed by atoms with E-state index in [1.807, 2.05) is 0 Å². The van der Waals surface area contributed by atoms with Gasteiger partial charge in [-0.1, -0.05) is 209 Å². The highest BCUT2D eigenvalue weighted by Crippen LogP contribution is 2.13. The molecule has 0 bridgehead atoms. The lowest BCUT2D eigenvalue weighted by Crippen LogP contribution is -2.30. The van der Waals surface area contributed by atoms with Crippen LogP contribution in [0.25, 0.3) is 0 Å². The van der Waals surface area contributed by atoms with Gasteiger partial charge in [0.15, 0.2) is 6.10 Å². The van der Waals surface area contributed by atoms with Gasteiger partial charge < -0.3 is 14.2 Å². The molecule has 0 aromatic carbocycles. The number of unbranched alkanes of at least 4 members (excludes halogenated alkanes) is 22. The first-order valence-corrected chi connectivity index (χ1v) is 26.6. The van der Waals surface area contributed by atoms with Crippen molar-refractivity contribution in [2.24, 2.45) is 0 Å². The SMILES string of the molecule is CCCCC/C=C\C/C=C\C/C=C\C/C=C\CCCCCC(=O)OC[C@@H](COC(=O)CCCCCCCCCCCC)OC(=O)CCCCCC/C=C\C/C=C\C/C=C\CCCCC. The van der Waals surface area contributed by atoms with Gasteiger partial charge in [-0.3, -0.25) is 14.4 Å². The first kappa shape index (κ1) is 60.6. The molecule has 0 N–H and O–H groups in total. The third-order valence-electron chi connectivity index (χ3n) is 11.1. The molecule has 64 heavy (non-hydrogen) atoms. The van der Waals surface area contributed by atoms with Gasteiger partial charge in [0.25, 0.3) is 0 Å². The Hall–Kier alpha value is -3.41. The fourth-order valence-electron chi connectivity index (χ4n) is 7.08. The van der Waals surface area contributed by atoms with Gasteiger partial charge in [0, 0.05) is 19.3 Å². The number of carbonyl (C=O) groups excluding carboxylic acids is 3. The maximum absolute atomic E-state index is 12.8. The first-order chi connectivity index (χ1) is 31.5. The largest absolute Gasteiger partial charge is 0.462 e. The molecule has 0 aliphatic carbocycles. The molecule has 0 saturated heterocycles. The quantitative estimate of drug-likeness (QED) is 0.0262. The molecule has 0 spiro atoms. The summed E-state index contributed by atoms with van der Waals surface area (Å²) in [5.41, 5.74) is 0. The molecular weight excluding hydrogens is 793 g/mol. The van der Waals surface area contributed by atoms with Gasteiger partial charge in [-0.25, -0.2) is 0 Å². The van der Waals surface area contributed by atoms with Crippen LogP contribution >= 0.6 is 0 Å². The van der Waals surface area contributed by atoms with E-state index in [-0.39, 0.29) is 31.1 Å². The van der Waals surface area contributed by atoms with Gasteiger partial charge in [0.2, 0.25) is 0 Å². The fourth-order valence-corrected chi connectivity index (χ4v) is 7.08. The average molecular weight is 891 g/mol. The van der Waals surface area contributed by atoms with Crippen LogP contribution in [0.4, 0.5) is 0 Å². The minimum Gasteiger partial charge on any atom is -0.462 e. The molecule has 6 nitrogen and oxygen atoms in total. The molecule has 1 atom stereocenters. The van der Waals surface area contributed by atoms with Gasteiger partial charge >= 0.3 is 17.9 Å². The zero-order valence-corrected chi connectivity index (χ0v) is 41.8. The lowest BCUT2D eigenvalue weighted by Gasteiger charge is -2.18. The second kappa shape index (κ2) is 52.2. The Balaban J connectivity index is 4.45. The highest BCUT2D eigenvalue weighted by Gasteiger charge is 2.19. The van der Waals surface area contributed by atoms with E-state index in [2.05, 4.69) is 106 Å². The summed E-state index contributed by atoms with van der Waals surface area (Å²) in [5, 5.41) is 0. The van der Waals surface area contributed by atoms with Crippen LogP contribution in [0.5, 0.6) is 0 Å². The van der Waals surface area contributed by atoms with Crippen LogP contribution in [-0.2, 0) is 28.6 Å². The summed E-state index contributed by atoms with van der Waals surface area (Å²) in [4.78, 5) is 38.0. The predicted octanol–water partition coefficient (Wildman–Crippen LogP) is 17.6. The van der Waals surface area contributed by atoms with Crippen molar-refractivity contribution in [3.63, 3.8) is 0 Å². The molecular formula is C58H98O6. The standard InChI is InChI=1S/C58H98O6/c1-4-7-10-13-16-19-22-24-26-28-29-31-32-34-36-39-42-45-48-51-57(60)63-54-55(53-62-56(59)50-47-44-41-38-21-18-15-12-9-6-3)64-58(61)52-49-46-43-40-37-35-33-30-27-25-23-20-17-14-11-8-5-2/h16-17,19-20,24-27,29,31,33-36,55H,4-15,18,21-23,28,30,32,37-54H2,1-3H3/b19-16-,20-17-,26-24-,27-25-,31-29-,35-33-,36-34-/t55-/m1/s1. The molecule has 0 aliphatic rings. The van der Waals surface area contributed by atoms with Gasteiger partial charge in [-0.15, -0.1) is 0 Å². The van der Waals surface area contributed by atoms with Gasteiger partial charge in [0.1, 0.15) is 13.2 Å². The zero-order valence-electron chi connectivity index (χ0n) is 41.8. The highest BCUT2D eigenvalue weighted by atomic mass is 16.6. The summed E-state index contributed by atoms with van der Waals surface area (Å²) >= 11 is 0. The van der Waals surface area contributed by atoms with E-state index in [0.717, 1.165) is 109 Å². The molecule has 0 saturated carbocycles. The molecule has 0 rings (SSSR count). The minimum atomic E-state index is -0.799. The molecule has 0 aliphatic heterocycles. The molecule has 0 fully saturated rings. The fraction of sp³-hybridized carbons (Fsp3) is 0.707. The Labute approximate surface area is 395 Å². The Morgan fingerprint density at radius 1 is 0.312 bits per heavy atom. The van der Waals surface area contributed by atoms with Crippen molar-refractivity contribution >= 4 is 17.9 Å². The van der Waals surface area contributed by atoms with Crippen molar-refractivity contribution in [1.82, 2.24) is 0 Å². The van der Waals surface area contributed by atoms with Crippen molar-refractivity contribution in [2.75, 3.05) is 13.2 Å². The van der Waals surface area contributed by atoms with Crippen LogP contribution in [0.2, 0.25) is 0 Å². The number of esters is 3. The van der Waals surface area contributed by atoms with Crippen LogP contribution in [0.15, 0.2) is 85.1 Å². The highest BCUT2D eigenvalue weighted by molar-refractivity contribution is 5.71. The van der Waals surface area contributed by atoms with E-state index in [4.69, 9.17) is 14.2 Å². The number of carbonyl (C=O) groups is 3. The number of rotatable bonds is 47. The number of allylic oxidation sites excluding steroid dienone is 14. The molecule has 0 aromatic heterocycles. The van der Waals surface area contributed by atoms with Crippen molar-refractivity contribution in [3.05, 3.63) is 85.1 Å². The lowest BCUT2D eigenvalue weighted by atomic mass is 10.1. The molecule has 0 amide bonds. The normalized spacial score (nSPS) is 12.7. The first-order valence-electron chi connectivity index (χ1n) is 26.6. The predicted molar refractivity (Wildman–Crippen MR) is 274 cm³/mol.